The molecule has 0 bridgehead atoms. The van der Waals surface area contributed by atoms with Gasteiger partial charge in [-0.1, -0.05) is 0 Å². The van der Waals surface area contributed by atoms with Gasteiger partial charge < -0.3 is 30.3 Å². The lowest BCUT2D eigenvalue weighted by Crippen LogP contribution is -2.19. The van der Waals surface area contributed by atoms with Crippen molar-refractivity contribution in [1.29, 1.82) is 0 Å². The highest BCUT2D eigenvalue weighted by molar-refractivity contribution is 7.86. The maximum absolute atomic E-state index is 13.1. The molecule has 0 unspecified atom stereocenters. The van der Waals surface area contributed by atoms with Crippen LogP contribution in [-0.4, -0.2) is 82.3 Å². The molecule has 23 nitrogen and oxygen atoms in total. The van der Waals surface area contributed by atoms with E-state index in [0.29, 0.717) is 0 Å². The number of carbonyl (C=O) groups is 1. The van der Waals surface area contributed by atoms with Gasteiger partial charge >= 0.3 is 6.03 Å². The van der Waals surface area contributed by atoms with Gasteiger partial charge in [0.05, 0.1) is 25.6 Å². The predicted octanol–water partition coefficient (Wildman–Crippen LogP) is 6.88. The maximum atomic E-state index is 13.1. The molecule has 62 heavy (non-hydrogen) atoms. The van der Waals surface area contributed by atoms with E-state index in [1.807, 2.05) is 0 Å². The first-order valence-corrected chi connectivity index (χ1v) is 22.4. The third-order valence-electron chi connectivity index (χ3n) is 8.55. The second-order valence-corrected chi connectivity index (χ2v) is 18.1. The molecule has 0 aliphatic rings. The normalized spacial score (nSPS) is 12.6. The average Bonchev–Trinajstić information content (AvgIpc) is 3.18. The van der Waals surface area contributed by atoms with Gasteiger partial charge in [0.25, 0.3) is 40.5 Å². The van der Waals surface area contributed by atoms with Gasteiger partial charge in [0, 0.05) is 22.1 Å². The number of ether oxygens (including phenoxy) is 2. The number of benzene rings is 6. The van der Waals surface area contributed by atoms with Crippen molar-refractivity contribution in [2.24, 2.45) is 20.5 Å². The minimum absolute atomic E-state index is 0.0173. The van der Waals surface area contributed by atoms with Crippen LogP contribution < -0.4 is 20.1 Å². The zero-order chi connectivity index (χ0) is 45.5. The number of hydrogen-bond donors (Lipinski definition) is 8. The largest absolute Gasteiger partial charge is 0.505 e. The summed E-state index contributed by atoms with van der Waals surface area (Å²) in [7, 11) is -17.5. The van der Waals surface area contributed by atoms with Crippen LogP contribution in [-0.2, 0) is 40.5 Å². The monoisotopic (exact) mass is 932 g/mol. The summed E-state index contributed by atoms with van der Waals surface area (Å²) in [6.07, 6.45) is 0. The van der Waals surface area contributed by atoms with Crippen molar-refractivity contribution in [1.82, 2.24) is 0 Å². The lowest BCUT2D eigenvalue weighted by molar-refractivity contribution is 0.262. The van der Waals surface area contributed by atoms with Crippen LogP contribution >= 0.6 is 0 Å². The van der Waals surface area contributed by atoms with Gasteiger partial charge in [-0.05, 0) is 95.7 Å². The van der Waals surface area contributed by atoms with E-state index >= 15 is 0 Å². The van der Waals surface area contributed by atoms with Crippen molar-refractivity contribution < 1.29 is 76.4 Å². The third kappa shape index (κ3) is 9.53. The Morgan fingerprint density at radius 3 is 1.16 bits per heavy atom. The number of fused-ring (bicyclic) bond motifs is 2. The first-order chi connectivity index (χ1) is 28.9. The van der Waals surface area contributed by atoms with Crippen molar-refractivity contribution in [2.75, 3.05) is 24.9 Å². The lowest BCUT2D eigenvalue weighted by Gasteiger charge is -2.13. The van der Waals surface area contributed by atoms with Crippen LogP contribution in [0.2, 0.25) is 0 Å². The molecule has 0 radical (unpaired) electrons. The average molecular weight is 933 g/mol. The van der Waals surface area contributed by atoms with E-state index in [2.05, 4.69) is 31.1 Å². The molecule has 8 N–H and O–H groups in total. The standard InChI is InChI=1S/C35H28N6O17S4/c1-57-25-9-5-21(15-27(25)59(45,46)47)38-40-31-29(61(51,52)53)13-17-11-19(3-7-23(17)33(31)42)36-35(44)37-20-4-8-24-18(12-20)14-30(62(54,55)56)32(34(24)43)41-39-22-6-10-26(58-2)28(16-22)60(48,49)50/h3-16,42-43H,1-2H3,(H2,36,37,44)(H,45,46,47)(H,48,49,50)(H,51,52,53)(H,54,55,56). The van der Waals surface area contributed by atoms with Gasteiger partial charge in [0.2, 0.25) is 0 Å². The molecule has 6 aromatic carbocycles. The lowest BCUT2D eigenvalue weighted by atomic mass is 10.1. The molecular weight excluding hydrogens is 905 g/mol. The minimum Gasteiger partial charge on any atom is -0.505 e. The van der Waals surface area contributed by atoms with Crippen LogP contribution in [0.5, 0.6) is 23.0 Å². The van der Waals surface area contributed by atoms with Gasteiger partial charge in [-0.2, -0.15) is 43.9 Å². The second kappa shape index (κ2) is 16.5. The first-order valence-electron chi connectivity index (χ1n) is 16.7. The number of amides is 2. The summed E-state index contributed by atoms with van der Waals surface area (Å²) in [6, 6.07) is 14.8. The van der Waals surface area contributed by atoms with Crippen LogP contribution in [0, 0.1) is 0 Å². The number of nitrogens with one attached hydrogen (secondary N) is 2. The molecule has 0 aromatic heterocycles. The fraction of sp³-hybridized carbons (Fsp3) is 0.0571. The van der Waals surface area contributed by atoms with Crippen LogP contribution in [0.1, 0.15) is 0 Å². The number of urea groups is 1. The molecule has 0 fully saturated rings. The number of aromatic hydroxyl groups is 2. The topological polar surface area (TPSA) is 367 Å². The highest BCUT2D eigenvalue weighted by Crippen LogP contribution is 2.44. The van der Waals surface area contributed by atoms with Gasteiger partial charge in [-0.25, -0.2) is 4.79 Å². The number of rotatable bonds is 12. The quantitative estimate of drug-likeness (QED) is 0.0457. The molecule has 0 atom stereocenters. The van der Waals surface area contributed by atoms with Gasteiger partial charge in [-0.3, -0.25) is 18.2 Å². The van der Waals surface area contributed by atoms with Crippen LogP contribution in [0.25, 0.3) is 21.5 Å². The van der Waals surface area contributed by atoms with E-state index in [1.165, 1.54) is 48.5 Å². The number of methoxy groups -OCH3 is 2. The van der Waals surface area contributed by atoms with E-state index in [0.717, 1.165) is 50.6 Å². The van der Waals surface area contributed by atoms with E-state index in [4.69, 9.17) is 9.47 Å². The summed E-state index contributed by atoms with van der Waals surface area (Å²) in [5.74, 6) is -2.07. The van der Waals surface area contributed by atoms with E-state index in [-0.39, 0.29) is 55.8 Å². The SMILES string of the molecule is COc1ccc(N=Nc2c(S(=O)(=O)O)cc3cc(NC(=O)Nc4ccc5c(O)c(N=Nc6ccc(OC)c(S(=O)(=O)O)c6)c(S(=O)(=O)O)cc5c4)ccc3c2O)cc1S(=O)(=O)O. The number of phenols is 2. The Labute approximate surface area is 350 Å². The van der Waals surface area contributed by atoms with E-state index in [1.54, 1.807) is 0 Å². The third-order valence-corrected chi connectivity index (χ3v) is 12.0. The highest BCUT2D eigenvalue weighted by Gasteiger charge is 2.25. The molecular formula is C35H28N6O17S4. The zero-order valence-corrected chi connectivity index (χ0v) is 34.4. The first kappa shape index (κ1) is 44.7. The Morgan fingerprint density at radius 1 is 0.484 bits per heavy atom. The summed E-state index contributed by atoms with van der Waals surface area (Å²) in [4.78, 5) is 9.83. The second-order valence-electron chi connectivity index (χ2n) is 12.6. The summed E-state index contributed by atoms with van der Waals surface area (Å²) < 4.78 is 145. The number of nitrogens with zero attached hydrogens (tertiary/aromatic N) is 4. The van der Waals surface area contributed by atoms with Crippen molar-refractivity contribution in [3.63, 3.8) is 0 Å². The van der Waals surface area contributed by atoms with Gasteiger partial charge in [0.1, 0.15) is 42.5 Å². The molecule has 0 spiro atoms. The number of azo groups is 2. The molecule has 0 aliphatic carbocycles. The van der Waals surface area contributed by atoms with Crippen molar-refractivity contribution >= 4 is 102 Å². The molecule has 0 saturated heterocycles. The summed E-state index contributed by atoms with van der Waals surface area (Å²) in [6.45, 7) is 0. The molecule has 27 heteroatoms. The Kier molecular flexibility index (Phi) is 11.9. The molecule has 0 heterocycles. The summed E-state index contributed by atoms with van der Waals surface area (Å²) in [5, 5.41) is 41.8. The van der Waals surface area contributed by atoms with Crippen LogP contribution in [0.3, 0.4) is 0 Å². The minimum atomic E-state index is -5.12. The highest BCUT2D eigenvalue weighted by atomic mass is 32.2. The van der Waals surface area contributed by atoms with Crippen molar-refractivity contribution in [3.05, 3.63) is 84.9 Å². The molecule has 324 valence electrons. The Balaban J connectivity index is 1.28. The molecule has 6 aromatic rings. The number of hydrogen-bond acceptors (Lipinski definition) is 17. The fourth-order valence-corrected chi connectivity index (χ4v) is 8.48. The molecule has 0 saturated carbocycles. The van der Waals surface area contributed by atoms with Crippen molar-refractivity contribution in [2.45, 2.75) is 19.6 Å². The summed E-state index contributed by atoms with van der Waals surface area (Å²) >= 11 is 0. The molecule has 2 amide bonds. The van der Waals surface area contributed by atoms with Gasteiger partial charge in [0.15, 0.2) is 11.5 Å². The van der Waals surface area contributed by atoms with Crippen molar-refractivity contribution in [3.8, 4) is 23.0 Å². The zero-order valence-electron chi connectivity index (χ0n) is 31.2. The predicted molar refractivity (Wildman–Crippen MR) is 217 cm³/mol. The maximum Gasteiger partial charge on any atom is 0.323 e. The van der Waals surface area contributed by atoms with E-state index in [9.17, 15) is 66.9 Å². The Morgan fingerprint density at radius 2 is 0.839 bits per heavy atom. The summed E-state index contributed by atoms with van der Waals surface area (Å²) in [5.41, 5.74) is -1.92. The molecule has 0 aliphatic heterocycles. The number of anilines is 2. The fourth-order valence-electron chi connectivity index (χ4n) is 5.81. The van der Waals surface area contributed by atoms with E-state index < -0.39 is 89.0 Å². The smallest absolute Gasteiger partial charge is 0.323 e. The Hall–Kier alpha value is -6.85. The molecule has 6 rings (SSSR count). The van der Waals surface area contributed by atoms with Gasteiger partial charge in [-0.15, -0.1) is 10.2 Å². The van der Waals surface area contributed by atoms with Crippen LogP contribution in [0.4, 0.5) is 38.9 Å². The Bertz CT molecular complexity index is 3160. The number of phenolic OH excluding ortho intramolecular Hbond substituents is 2. The number of carbonyl (C=O) groups excluding carboxylic acids is 1. The van der Waals surface area contributed by atoms with Crippen LogP contribution in [0.15, 0.2) is 125 Å².